The van der Waals surface area contributed by atoms with Crippen LogP contribution in [0.25, 0.3) is 0 Å². The first kappa shape index (κ1) is 17.9. The SMILES string of the molecule is O=C(O)COc1ccc(CCNC(=O)c2ncoc2C2CCCO2)cc1. The molecule has 1 fully saturated rings. The minimum absolute atomic E-state index is 0.198. The van der Waals surface area contributed by atoms with Crippen LogP contribution in [-0.4, -0.2) is 41.7 Å². The molecule has 1 aromatic carbocycles. The highest BCUT2D eigenvalue weighted by atomic mass is 16.5. The van der Waals surface area contributed by atoms with Crippen molar-refractivity contribution in [3.63, 3.8) is 0 Å². The van der Waals surface area contributed by atoms with Gasteiger partial charge in [0, 0.05) is 13.2 Å². The first-order valence-corrected chi connectivity index (χ1v) is 8.40. The van der Waals surface area contributed by atoms with Crippen molar-refractivity contribution < 1.29 is 28.6 Å². The van der Waals surface area contributed by atoms with E-state index in [0.29, 0.717) is 31.1 Å². The van der Waals surface area contributed by atoms with Gasteiger partial charge in [0.25, 0.3) is 5.91 Å². The van der Waals surface area contributed by atoms with Gasteiger partial charge >= 0.3 is 5.97 Å². The number of carboxylic acids is 1. The van der Waals surface area contributed by atoms with Crippen molar-refractivity contribution in [3.8, 4) is 5.75 Å². The number of oxazole rings is 1. The van der Waals surface area contributed by atoms with Crippen LogP contribution in [0.3, 0.4) is 0 Å². The topological polar surface area (TPSA) is 111 Å². The van der Waals surface area contributed by atoms with Crippen molar-refractivity contribution in [2.45, 2.75) is 25.4 Å². The van der Waals surface area contributed by atoms with Gasteiger partial charge in [0.2, 0.25) is 0 Å². The van der Waals surface area contributed by atoms with Gasteiger partial charge in [-0.2, -0.15) is 0 Å². The second-order valence-electron chi connectivity index (χ2n) is 5.90. The fourth-order valence-corrected chi connectivity index (χ4v) is 2.74. The maximum Gasteiger partial charge on any atom is 0.341 e. The average Bonchev–Trinajstić information content (AvgIpc) is 3.32. The second-order valence-corrected chi connectivity index (χ2v) is 5.90. The number of benzene rings is 1. The predicted octanol–water partition coefficient (Wildman–Crippen LogP) is 1.96. The lowest BCUT2D eigenvalue weighted by Crippen LogP contribution is -2.27. The molecule has 1 aromatic heterocycles. The number of carbonyl (C=O) groups excluding carboxylic acids is 1. The van der Waals surface area contributed by atoms with Gasteiger partial charge in [0.05, 0.1) is 0 Å². The van der Waals surface area contributed by atoms with Crippen molar-refractivity contribution in [2.24, 2.45) is 0 Å². The van der Waals surface area contributed by atoms with E-state index in [0.717, 1.165) is 18.4 Å². The third kappa shape index (κ3) is 4.60. The van der Waals surface area contributed by atoms with Gasteiger partial charge in [-0.1, -0.05) is 12.1 Å². The standard InChI is InChI=1S/C18H20N2O6/c21-15(22)10-25-13-5-3-12(4-6-13)7-8-19-18(23)16-17(26-11-20-16)14-2-1-9-24-14/h3-6,11,14H,1-2,7-10H2,(H,19,23)(H,21,22). The Balaban J connectivity index is 1.48. The molecule has 3 rings (SSSR count). The van der Waals surface area contributed by atoms with Crippen LogP contribution in [0.2, 0.25) is 0 Å². The summed E-state index contributed by atoms with van der Waals surface area (Å²) >= 11 is 0. The first-order valence-electron chi connectivity index (χ1n) is 8.40. The summed E-state index contributed by atoms with van der Waals surface area (Å²) in [6, 6.07) is 7.06. The number of carbonyl (C=O) groups is 2. The van der Waals surface area contributed by atoms with Gasteiger partial charge in [0.15, 0.2) is 24.5 Å². The summed E-state index contributed by atoms with van der Waals surface area (Å²) in [5, 5.41) is 11.4. The lowest BCUT2D eigenvalue weighted by molar-refractivity contribution is -0.139. The summed E-state index contributed by atoms with van der Waals surface area (Å²) in [6.45, 7) is 0.727. The Morgan fingerprint density at radius 1 is 1.31 bits per heavy atom. The molecule has 1 aliphatic rings. The molecule has 26 heavy (non-hydrogen) atoms. The molecule has 2 N–H and O–H groups in total. The minimum atomic E-state index is -1.02. The molecular formula is C18H20N2O6. The monoisotopic (exact) mass is 360 g/mol. The van der Waals surface area contributed by atoms with Crippen molar-refractivity contribution in [1.82, 2.24) is 10.3 Å². The Bertz CT molecular complexity index is 749. The number of hydrogen-bond acceptors (Lipinski definition) is 6. The third-order valence-electron chi connectivity index (χ3n) is 4.02. The zero-order chi connectivity index (χ0) is 18.4. The summed E-state index contributed by atoms with van der Waals surface area (Å²) in [4.78, 5) is 26.8. The molecule has 8 heteroatoms. The number of hydrogen-bond donors (Lipinski definition) is 2. The Hall–Kier alpha value is -2.87. The number of aromatic nitrogens is 1. The molecule has 1 saturated heterocycles. The summed E-state index contributed by atoms with van der Waals surface area (Å²) in [6.07, 6.45) is 3.46. The molecule has 0 saturated carbocycles. The van der Waals surface area contributed by atoms with Gasteiger partial charge in [-0.3, -0.25) is 4.79 Å². The lowest BCUT2D eigenvalue weighted by Gasteiger charge is -2.09. The quantitative estimate of drug-likeness (QED) is 0.740. The molecular weight excluding hydrogens is 340 g/mol. The molecule has 8 nitrogen and oxygen atoms in total. The number of amides is 1. The maximum atomic E-state index is 12.3. The number of rotatable bonds is 8. The Morgan fingerprint density at radius 3 is 2.81 bits per heavy atom. The molecule has 2 aromatic rings. The van der Waals surface area contributed by atoms with Crippen LogP contribution in [-0.2, 0) is 16.0 Å². The fourth-order valence-electron chi connectivity index (χ4n) is 2.74. The minimum Gasteiger partial charge on any atom is -0.482 e. The van der Waals surface area contributed by atoms with Crippen molar-refractivity contribution in [1.29, 1.82) is 0 Å². The van der Waals surface area contributed by atoms with Crippen molar-refractivity contribution in [3.05, 3.63) is 47.7 Å². The fraction of sp³-hybridized carbons (Fsp3) is 0.389. The zero-order valence-electron chi connectivity index (χ0n) is 14.1. The average molecular weight is 360 g/mol. The maximum absolute atomic E-state index is 12.3. The molecule has 0 radical (unpaired) electrons. The number of nitrogens with one attached hydrogen (secondary N) is 1. The summed E-state index contributed by atoms with van der Waals surface area (Å²) in [5.41, 5.74) is 1.27. The molecule has 1 atom stereocenters. The van der Waals surface area contributed by atoms with Crippen LogP contribution in [0.4, 0.5) is 0 Å². The van der Waals surface area contributed by atoms with Crippen LogP contribution in [0, 0.1) is 0 Å². The molecule has 2 heterocycles. The number of aliphatic carboxylic acids is 1. The molecule has 1 unspecified atom stereocenters. The van der Waals surface area contributed by atoms with E-state index in [1.807, 2.05) is 12.1 Å². The van der Waals surface area contributed by atoms with E-state index in [1.54, 1.807) is 12.1 Å². The number of nitrogens with zero attached hydrogens (tertiary/aromatic N) is 1. The summed E-state index contributed by atoms with van der Waals surface area (Å²) < 4.78 is 16.0. The van der Waals surface area contributed by atoms with Gasteiger partial charge < -0.3 is 24.3 Å². The van der Waals surface area contributed by atoms with E-state index in [1.165, 1.54) is 6.39 Å². The van der Waals surface area contributed by atoms with Crippen LogP contribution < -0.4 is 10.1 Å². The molecule has 138 valence electrons. The molecule has 1 amide bonds. The van der Waals surface area contributed by atoms with E-state index in [4.69, 9.17) is 19.0 Å². The van der Waals surface area contributed by atoms with Gasteiger partial charge in [-0.05, 0) is 37.0 Å². The van der Waals surface area contributed by atoms with E-state index in [9.17, 15) is 9.59 Å². The highest BCUT2D eigenvalue weighted by Gasteiger charge is 2.27. The highest BCUT2D eigenvalue weighted by molar-refractivity contribution is 5.93. The number of carboxylic acid groups (broad SMARTS) is 1. The van der Waals surface area contributed by atoms with Crippen LogP contribution in [0.1, 0.15) is 40.8 Å². The normalized spacial score (nSPS) is 16.4. The molecule has 1 aliphatic heterocycles. The largest absolute Gasteiger partial charge is 0.482 e. The molecule has 0 bridgehead atoms. The zero-order valence-corrected chi connectivity index (χ0v) is 14.1. The second kappa shape index (κ2) is 8.48. The van der Waals surface area contributed by atoms with Crippen LogP contribution in [0.5, 0.6) is 5.75 Å². The summed E-state index contributed by atoms with van der Waals surface area (Å²) in [5.74, 6) is -0.332. The Morgan fingerprint density at radius 2 is 2.12 bits per heavy atom. The van der Waals surface area contributed by atoms with E-state index >= 15 is 0 Å². The summed E-state index contributed by atoms with van der Waals surface area (Å²) in [7, 11) is 0. The first-order chi connectivity index (χ1) is 12.6. The lowest BCUT2D eigenvalue weighted by atomic mass is 10.1. The van der Waals surface area contributed by atoms with E-state index in [2.05, 4.69) is 10.3 Å². The van der Waals surface area contributed by atoms with Crippen LogP contribution >= 0.6 is 0 Å². The van der Waals surface area contributed by atoms with Crippen molar-refractivity contribution >= 4 is 11.9 Å². The highest BCUT2D eigenvalue weighted by Crippen LogP contribution is 2.30. The van der Waals surface area contributed by atoms with Crippen LogP contribution in [0.15, 0.2) is 35.1 Å². The smallest absolute Gasteiger partial charge is 0.341 e. The number of ether oxygens (including phenoxy) is 2. The van der Waals surface area contributed by atoms with Gasteiger partial charge in [-0.15, -0.1) is 0 Å². The van der Waals surface area contributed by atoms with Crippen molar-refractivity contribution in [2.75, 3.05) is 19.8 Å². The van der Waals surface area contributed by atoms with E-state index < -0.39 is 5.97 Å². The Labute approximate surface area is 150 Å². The van der Waals surface area contributed by atoms with E-state index in [-0.39, 0.29) is 24.3 Å². The predicted molar refractivity (Wildman–Crippen MR) is 90.0 cm³/mol. The molecule has 0 aliphatic carbocycles. The Kier molecular flexibility index (Phi) is 5.85. The van der Waals surface area contributed by atoms with Gasteiger partial charge in [-0.25, -0.2) is 9.78 Å². The third-order valence-corrected chi connectivity index (χ3v) is 4.02. The molecule has 0 spiro atoms. The van der Waals surface area contributed by atoms with Gasteiger partial charge in [0.1, 0.15) is 11.9 Å².